The molecular weight excluding hydrogens is 159 g/mol. The van der Waals surface area contributed by atoms with Gasteiger partial charge in [0.25, 0.3) is 5.91 Å². The highest BCUT2D eigenvalue weighted by Gasteiger charge is 2.27. The zero-order valence-corrected chi connectivity index (χ0v) is 8.07. The molecule has 0 atom stereocenters. The minimum absolute atomic E-state index is 0.277. The number of hydrogen-bond acceptors (Lipinski definition) is 2. The second kappa shape index (κ2) is 3.39. The molecular formula is C8H17FN2O. The average Bonchev–Trinajstić information content (AvgIpc) is 1.78. The predicted octanol–water partition coefficient (Wildman–Crippen LogP) is 0.588. The van der Waals surface area contributed by atoms with E-state index in [1.807, 2.05) is 0 Å². The van der Waals surface area contributed by atoms with E-state index < -0.39 is 17.1 Å². The number of carbonyl (C=O) groups is 1. The molecule has 0 aliphatic rings. The van der Waals surface area contributed by atoms with Crippen LogP contribution in [0.4, 0.5) is 4.39 Å². The monoisotopic (exact) mass is 176 g/mol. The number of rotatable bonds is 3. The quantitative estimate of drug-likeness (QED) is 0.661. The van der Waals surface area contributed by atoms with Crippen molar-refractivity contribution >= 4 is 5.91 Å². The van der Waals surface area contributed by atoms with Gasteiger partial charge < -0.3 is 11.1 Å². The van der Waals surface area contributed by atoms with Crippen molar-refractivity contribution in [3.05, 3.63) is 0 Å². The number of carbonyl (C=O) groups excluding carboxylic acids is 1. The van der Waals surface area contributed by atoms with Gasteiger partial charge in [0, 0.05) is 12.1 Å². The highest BCUT2D eigenvalue weighted by molar-refractivity contribution is 5.84. The van der Waals surface area contributed by atoms with Crippen molar-refractivity contribution in [3.63, 3.8) is 0 Å². The lowest BCUT2D eigenvalue weighted by molar-refractivity contribution is -0.131. The molecule has 0 aliphatic heterocycles. The Morgan fingerprint density at radius 1 is 1.42 bits per heavy atom. The molecule has 0 radical (unpaired) electrons. The third-order valence-electron chi connectivity index (χ3n) is 1.24. The van der Waals surface area contributed by atoms with E-state index in [1.165, 1.54) is 13.8 Å². The fourth-order valence-electron chi connectivity index (χ4n) is 0.518. The Bertz CT molecular complexity index is 167. The topological polar surface area (TPSA) is 55.1 Å². The Hall–Kier alpha value is -0.640. The molecule has 0 unspecified atom stereocenters. The van der Waals surface area contributed by atoms with Gasteiger partial charge in [-0.25, -0.2) is 4.39 Å². The normalized spacial score (nSPS) is 12.8. The summed E-state index contributed by atoms with van der Waals surface area (Å²) in [6, 6.07) is 0. The number of nitrogens with one attached hydrogen (secondary N) is 1. The summed E-state index contributed by atoms with van der Waals surface area (Å²) in [6.45, 7) is 6.23. The summed E-state index contributed by atoms with van der Waals surface area (Å²) in [4.78, 5) is 11.0. The molecule has 0 saturated carbocycles. The van der Waals surface area contributed by atoms with Gasteiger partial charge in [0.1, 0.15) is 0 Å². The molecule has 0 spiro atoms. The van der Waals surface area contributed by atoms with Crippen LogP contribution in [0.5, 0.6) is 0 Å². The molecule has 0 saturated heterocycles. The highest BCUT2D eigenvalue weighted by Crippen LogP contribution is 2.07. The lowest BCUT2D eigenvalue weighted by Crippen LogP contribution is -2.49. The van der Waals surface area contributed by atoms with E-state index in [0.717, 1.165) is 0 Å². The molecule has 0 aromatic carbocycles. The van der Waals surface area contributed by atoms with Crippen LogP contribution < -0.4 is 11.1 Å². The number of hydrogen-bond donors (Lipinski definition) is 2. The number of halogens is 1. The maximum atomic E-state index is 12.9. The van der Waals surface area contributed by atoms with Gasteiger partial charge in [0.05, 0.1) is 0 Å². The van der Waals surface area contributed by atoms with Gasteiger partial charge in [-0.3, -0.25) is 4.79 Å². The first kappa shape index (κ1) is 11.4. The summed E-state index contributed by atoms with van der Waals surface area (Å²) in [5, 5.41) is 2.42. The molecule has 0 aliphatic carbocycles. The Kier molecular flexibility index (Phi) is 3.21. The Morgan fingerprint density at radius 2 is 1.83 bits per heavy atom. The van der Waals surface area contributed by atoms with E-state index in [1.54, 1.807) is 13.8 Å². The van der Waals surface area contributed by atoms with Crippen LogP contribution in [-0.4, -0.2) is 23.7 Å². The molecule has 0 bridgehead atoms. The van der Waals surface area contributed by atoms with Crippen molar-refractivity contribution in [1.29, 1.82) is 0 Å². The van der Waals surface area contributed by atoms with Crippen molar-refractivity contribution in [2.75, 3.05) is 6.54 Å². The standard InChI is InChI=1S/C8H17FN2O/c1-7(2,10)5-11-6(12)8(3,4)9/h5,10H2,1-4H3,(H,11,12). The Morgan fingerprint density at radius 3 is 2.08 bits per heavy atom. The van der Waals surface area contributed by atoms with Gasteiger partial charge in [0.15, 0.2) is 5.67 Å². The second-order valence-corrected chi connectivity index (χ2v) is 4.14. The second-order valence-electron chi connectivity index (χ2n) is 4.14. The van der Waals surface area contributed by atoms with Crippen molar-refractivity contribution in [2.24, 2.45) is 5.73 Å². The van der Waals surface area contributed by atoms with Crippen LogP contribution in [0.1, 0.15) is 27.7 Å². The van der Waals surface area contributed by atoms with Crippen LogP contribution in [-0.2, 0) is 4.79 Å². The summed E-state index contributed by atoms with van der Waals surface area (Å²) < 4.78 is 12.9. The molecule has 3 nitrogen and oxygen atoms in total. The highest BCUT2D eigenvalue weighted by atomic mass is 19.1. The van der Waals surface area contributed by atoms with E-state index >= 15 is 0 Å². The first-order chi connectivity index (χ1) is 5.13. The van der Waals surface area contributed by atoms with Crippen LogP contribution in [0.2, 0.25) is 0 Å². The van der Waals surface area contributed by atoms with Gasteiger partial charge in [-0.05, 0) is 27.7 Å². The predicted molar refractivity (Wildman–Crippen MR) is 46.5 cm³/mol. The smallest absolute Gasteiger partial charge is 0.257 e. The average molecular weight is 176 g/mol. The third-order valence-corrected chi connectivity index (χ3v) is 1.24. The fraction of sp³-hybridized carbons (Fsp3) is 0.875. The molecule has 0 fully saturated rings. The molecule has 1 amide bonds. The first-order valence-corrected chi connectivity index (χ1v) is 3.89. The number of nitrogens with two attached hydrogens (primary N) is 1. The van der Waals surface area contributed by atoms with E-state index in [4.69, 9.17) is 5.73 Å². The largest absolute Gasteiger partial charge is 0.352 e. The number of amides is 1. The van der Waals surface area contributed by atoms with Crippen LogP contribution >= 0.6 is 0 Å². The maximum absolute atomic E-state index is 12.9. The van der Waals surface area contributed by atoms with Crippen LogP contribution in [0.3, 0.4) is 0 Å². The number of alkyl halides is 1. The van der Waals surface area contributed by atoms with Gasteiger partial charge in [-0.1, -0.05) is 0 Å². The molecule has 0 rings (SSSR count). The summed E-state index contributed by atoms with van der Waals surface area (Å²) in [6.07, 6.45) is 0. The molecule has 4 heteroatoms. The lowest BCUT2D eigenvalue weighted by atomic mass is 10.1. The van der Waals surface area contributed by atoms with E-state index in [9.17, 15) is 9.18 Å². The first-order valence-electron chi connectivity index (χ1n) is 3.89. The van der Waals surface area contributed by atoms with E-state index in [-0.39, 0.29) is 6.54 Å². The molecule has 0 heterocycles. The minimum atomic E-state index is -1.83. The Balaban J connectivity index is 3.90. The SMILES string of the molecule is CC(C)(N)CNC(=O)C(C)(C)F. The summed E-state index contributed by atoms with van der Waals surface area (Å²) in [5.41, 5.74) is 3.26. The van der Waals surface area contributed by atoms with Crippen LogP contribution in [0, 0.1) is 0 Å². The van der Waals surface area contributed by atoms with Crippen LogP contribution in [0.25, 0.3) is 0 Å². The van der Waals surface area contributed by atoms with Gasteiger partial charge in [0.2, 0.25) is 0 Å². The Labute approximate surface area is 72.5 Å². The van der Waals surface area contributed by atoms with Gasteiger partial charge in [-0.15, -0.1) is 0 Å². The van der Waals surface area contributed by atoms with Crippen molar-refractivity contribution in [1.82, 2.24) is 5.32 Å². The maximum Gasteiger partial charge on any atom is 0.257 e. The van der Waals surface area contributed by atoms with Gasteiger partial charge in [-0.2, -0.15) is 0 Å². The fourth-order valence-corrected chi connectivity index (χ4v) is 0.518. The minimum Gasteiger partial charge on any atom is -0.352 e. The summed E-state index contributed by atoms with van der Waals surface area (Å²) in [5.74, 6) is -0.624. The van der Waals surface area contributed by atoms with Gasteiger partial charge >= 0.3 is 0 Å². The third kappa shape index (κ3) is 5.07. The molecule has 0 aromatic heterocycles. The zero-order chi connectivity index (χ0) is 9.99. The van der Waals surface area contributed by atoms with Crippen molar-refractivity contribution in [2.45, 2.75) is 38.9 Å². The van der Waals surface area contributed by atoms with E-state index in [0.29, 0.717) is 0 Å². The van der Waals surface area contributed by atoms with Crippen molar-refractivity contribution in [3.8, 4) is 0 Å². The molecule has 12 heavy (non-hydrogen) atoms. The molecule has 0 aromatic rings. The molecule has 3 N–H and O–H groups in total. The summed E-state index contributed by atoms with van der Waals surface area (Å²) >= 11 is 0. The van der Waals surface area contributed by atoms with Crippen LogP contribution in [0.15, 0.2) is 0 Å². The molecule has 72 valence electrons. The lowest BCUT2D eigenvalue weighted by Gasteiger charge is -2.21. The summed E-state index contributed by atoms with van der Waals surface area (Å²) in [7, 11) is 0. The van der Waals surface area contributed by atoms with E-state index in [2.05, 4.69) is 5.32 Å². The zero-order valence-electron chi connectivity index (χ0n) is 8.07. The van der Waals surface area contributed by atoms with Crippen molar-refractivity contribution < 1.29 is 9.18 Å².